The molecule has 0 aliphatic carbocycles. The highest BCUT2D eigenvalue weighted by molar-refractivity contribution is 6.30. The summed E-state index contributed by atoms with van der Waals surface area (Å²) in [5.74, 6) is 0.464. The van der Waals surface area contributed by atoms with Crippen molar-refractivity contribution in [1.82, 2.24) is 5.32 Å². The summed E-state index contributed by atoms with van der Waals surface area (Å²) >= 11 is 6.14. The zero-order chi connectivity index (χ0) is 14.5. The summed E-state index contributed by atoms with van der Waals surface area (Å²) in [5, 5.41) is 4.37. The molecule has 3 atom stereocenters. The van der Waals surface area contributed by atoms with Gasteiger partial charge in [-0.1, -0.05) is 37.6 Å². The maximum atomic E-state index is 6.14. The van der Waals surface area contributed by atoms with Gasteiger partial charge in [0.1, 0.15) is 0 Å². The molecule has 2 nitrogen and oxygen atoms in total. The summed E-state index contributed by atoms with van der Waals surface area (Å²) in [7, 11) is 0. The summed E-state index contributed by atoms with van der Waals surface area (Å²) < 4.78 is 5.99. The van der Waals surface area contributed by atoms with Crippen molar-refractivity contribution in [2.24, 2.45) is 0 Å². The van der Waals surface area contributed by atoms with E-state index in [-0.39, 0.29) is 0 Å². The van der Waals surface area contributed by atoms with Crippen molar-refractivity contribution < 1.29 is 4.74 Å². The molecule has 0 spiro atoms. The molecule has 0 saturated carbocycles. The van der Waals surface area contributed by atoms with Gasteiger partial charge >= 0.3 is 0 Å². The first-order chi connectivity index (χ1) is 9.54. The molecule has 112 valence electrons. The van der Waals surface area contributed by atoms with E-state index < -0.39 is 0 Å². The second-order valence-electron chi connectivity index (χ2n) is 6.20. The Hall–Kier alpha value is -0.570. The van der Waals surface area contributed by atoms with Gasteiger partial charge in [0, 0.05) is 17.6 Å². The number of rotatable bonds is 6. The van der Waals surface area contributed by atoms with Crippen molar-refractivity contribution in [3.05, 3.63) is 34.9 Å². The van der Waals surface area contributed by atoms with Crippen LogP contribution in [0.5, 0.6) is 0 Å². The lowest BCUT2D eigenvalue weighted by atomic mass is 9.92. The van der Waals surface area contributed by atoms with Crippen molar-refractivity contribution in [1.29, 1.82) is 0 Å². The predicted octanol–water partition coefficient (Wildman–Crippen LogP) is 4.38. The van der Waals surface area contributed by atoms with E-state index in [1.165, 1.54) is 18.4 Å². The van der Waals surface area contributed by atoms with Crippen LogP contribution in [0.4, 0.5) is 0 Å². The van der Waals surface area contributed by atoms with E-state index in [4.69, 9.17) is 16.3 Å². The first-order valence-electron chi connectivity index (χ1n) is 7.69. The Bertz CT molecular complexity index is 421. The Labute approximate surface area is 127 Å². The third-order valence-corrected chi connectivity index (χ3v) is 4.20. The minimum absolute atomic E-state index is 0.392. The van der Waals surface area contributed by atoms with Gasteiger partial charge < -0.3 is 10.1 Å². The van der Waals surface area contributed by atoms with Gasteiger partial charge in [-0.05, 0) is 49.8 Å². The van der Waals surface area contributed by atoms with Crippen LogP contribution >= 0.6 is 11.6 Å². The van der Waals surface area contributed by atoms with Crippen LogP contribution < -0.4 is 5.32 Å². The second kappa shape index (κ2) is 7.44. The van der Waals surface area contributed by atoms with Crippen LogP contribution in [-0.4, -0.2) is 24.8 Å². The topological polar surface area (TPSA) is 21.3 Å². The molecule has 1 aliphatic rings. The third kappa shape index (κ3) is 4.76. The molecule has 0 bridgehead atoms. The standard InChI is InChI=1S/C17H26ClNO/c1-12(2)19-11-15(10-17-8-7-13(3)20-17)14-5-4-6-16(18)9-14/h4-6,9,12-13,15,17,19H,7-8,10-11H2,1-3H3. The van der Waals surface area contributed by atoms with E-state index in [2.05, 4.69) is 38.2 Å². The highest BCUT2D eigenvalue weighted by Gasteiger charge is 2.25. The van der Waals surface area contributed by atoms with E-state index >= 15 is 0 Å². The Morgan fingerprint density at radius 2 is 2.15 bits per heavy atom. The molecule has 2 rings (SSSR count). The summed E-state index contributed by atoms with van der Waals surface area (Å²) in [6, 6.07) is 8.74. The van der Waals surface area contributed by atoms with E-state index in [1.807, 2.05) is 12.1 Å². The fraction of sp³-hybridized carbons (Fsp3) is 0.647. The summed E-state index contributed by atoms with van der Waals surface area (Å²) in [6.45, 7) is 7.51. The average molecular weight is 296 g/mol. The van der Waals surface area contributed by atoms with Gasteiger partial charge in [-0.3, -0.25) is 0 Å². The lowest BCUT2D eigenvalue weighted by Gasteiger charge is -2.23. The normalized spacial score (nSPS) is 24.2. The van der Waals surface area contributed by atoms with Gasteiger partial charge in [-0.25, -0.2) is 0 Å². The summed E-state index contributed by atoms with van der Waals surface area (Å²) in [6.07, 6.45) is 4.25. The molecule has 0 radical (unpaired) electrons. The first-order valence-corrected chi connectivity index (χ1v) is 8.06. The van der Waals surface area contributed by atoms with Crippen molar-refractivity contribution in [2.45, 2.75) is 64.2 Å². The van der Waals surface area contributed by atoms with Gasteiger partial charge in [0.15, 0.2) is 0 Å². The Kier molecular flexibility index (Phi) is 5.88. The largest absolute Gasteiger partial charge is 0.375 e. The molecule has 1 aromatic rings. The quantitative estimate of drug-likeness (QED) is 0.841. The Morgan fingerprint density at radius 1 is 1.35 bits per heavy atom. The van der Waals surface area contributed by atoms with Gasteiger partial charge in [-0.2, -0.15) is 0 Å². The number of benzene rings is 1. The molecule has 1 fully saturated rings. The number of halogens is 1. The molecule has 20 heavy (non-hydrogen) atoms. The van der Waals surface area contributed by atoms with Crippen LogP contribution in [0.3, 0.4) is 0 Å². The average Bonchev–Trinajstić information content (AvgIpc) is 2.80. The van der Waals surface area contributed by atoms with Crippen LogP contribution in [-0.2, 0) is 4.74 Å². The zero-order valence-electron chi connectivity index (χ0n) is 12.7. The molecule has 3 heteroatoms. The molecule has 0 amide bonds. The molecule has 0 aromatic heterocycles. The van der Waals surface area contributed by atoms with Crippen LogP contribution in [0.25, 0.3) is 0 Å². The molecule has 1 aliphatic heterocycles. The molecule has 3 unspecified atom stereocenters. The summed E-state index contributed by atoms with van der Waals surface area (Å²) in [5.41, 5.74) is 1.31. The molecule has 1 heterocycles. The monoisotopic (exact) mass is 295 g/mol. The van der Waals surface area contributed by atoms with Crippen molar-refractivity contribution >= 4 is 11.6 Å². The van der Waals surface area contributed by atoms with Crippen LogP contribution in [0, 0.1) is 0 Å². The number of hydrogen-bond acceptors (Lipinski definition) is 2. The molecule has 1 N–H and O–H groups in total. The number of ether oxygens (including phenoxy) is 1. The Morgan fingerprint density at radius 3 is 2.75 bits per heavy atom. The van der Waals surface area contributed by atoms with Gasteiger partial charge in [0.2, 0.25) is 0 Å². The minimum atomic E-state index is 0.392. The van der Waals surface area contributed by atoms with E-state index in [0.717, 1.165) is 18.0 Å². The lowest BCUT2D eigenvalue weighted by molar-refractivity contribution is 0.0465. The van der Waals surface area contributed by atoms with Crippen molar-refractivity contribution in [3.63, 3.8) is 0 Å². The van der Waals surface area contributed by atoms with Crippen LogP contribution in [0.15, 0.2) is 24.3 Å². The van der Waals surface area contributed by atoms with Crippen LogP contribution in [0.2, 0.25) is 5.02 Å². The zero-order valence-corrected chi connectivity index (χ0v) is 13.5. The van der Waals surface area contributed by atoms with E-state index in [9.17, 15) is 0 Å². The molecule has 1 saturated heterocycles. The molecule has 1 aromatic carbocycles. The smallest absolute Gasteiger partial charge is 0.0586 e. The van der Waals surface area contributed by atoms with E-state index in [1.54, 1.807) is 0 Å². The highest BCUT2D eigenvalue weighted by Crippen LogP contribution is 2.30. The number of nitrogens with one attached hydrogen (secondary N) is 1. The fourth-order valence-electron chi connectivity index (χ4n) is 2.85. The Balaban J connectivity index is 2.03. The number of hydrogen-bond donors (Lipinski definition) is 1. The lowest BCUT2D eigenvalue weighted by Crippen LogP contribution is -2.29. The highest BCUT2D eigenvalue weighted by atomic mass is 35.5. The maximum absolute atomic E-state index is 6.14. The van der Waals surface area contributed by atoms with E-state index in [0.29, 0.717) is 24.2 Å². The SMILES string of the molecule is CC(C)NCC(CC1CCC(C)O1)c1cccc(Cl)c1. The summed E-state index contributed by atoms with van der Waals surface area (Å²) in [4.78, 5) is 0. The van der Waals surface area contributed by atoms with Crippen molar-refractivity contribution in [2.75, 3.05) is 6.54 Å². The van der Waals surface area contributed by atoms with Crippen LogP contribution in [0.1, 0.15) is 51.5 Å². The minimum Gasteiger partial charge on any atom is -0.375 e. The third-order valence-electron chi connectivity index (χ3n) is 3.96. The fourth-order valence-corrected chi connectivity index (χ4v) is 3.05. The second-order valence-corrected chi connectivity index (χ2v) is 6.63. The van der Waals surface area contributed by atoms with Crippen molar-refractivity contribution in [3.8, 4) is 0 Å². The first kappa shape index (κ1) is 15.8. The maximum Gasteiger partial charge on any atom is 0.0586 e. The van der Waals surface area contributed by atoms with Gasteiger partial charge in [0.05, 0.1) is 12.2 Å². The van der Waals surface area contributed by atoms with Gasteiger partial charge in [-0.15, -0.1) is 0 Å². The molecular formula is C17H26ClNO. The predicted molar refractivity (Wildman–Crippen MR) is 85.5 cm³/mol. The molecular weight excluding hydrogens is 270 g/mol. The van der Waals surface area contributed by atoms with Gasteiger partial charge in [0.25, 0.3) is 0 Å².